The van der Waals surface area contributed by atoms with E-state index in [1.165, 1.54) is 44.6 Å². The Morgan fingerprint density at radius 1 is 1.15 bits per heavy atom. The van der Waals surface area contributed by atoms with Crippen molar-refractivity contribution in [3.05, 3.63) is 35.7 Å². The first-order valence-corrected chi connectivity index (χ1v) is 10.5. The molecule has 0 amide bonds. The van der Waals surface area contributed by atoms with Crippen molar-refractivity contribution in [1.29, 1.82) is 0 Å². The molecule has 0 spiro atoms. The van der Waals surface area contributed by atoms with Crippen LogP contribution in [0.15, 0.2) is 24.3 Å². The second kappa shape index (κ2) is 9.43. The fraction of sp³-hybridized carbons (Fsp3) is 0.652. The highest BCUT2D eigenvalue weighted by Gasteiger charge is 2.22. The molecule has 26 heavy (non-hydrogen) atoms. The van der Waals surface area contributed by atoms with Gasteiger partial charge in [-0.3, -0.25) is 0 Å². The van der Waals surface area contributed by atoms with Gasteiger partial charge in [0, 0.05) is 11.6 Å². The minimum absolute atomic E-state index is 0.138. The molecule has 2 aliphatic rings. The lowest BCUT2D eigenvalue weighted by molar-refractivity contribution is 0.160. The Bertz CT molecular complexity index is 602. The van der Waals surface area contributed by atoms with Crippen LogP contribution < -0.4 is 9.47 Å². The molecule has 1 aliphatic carbocycles. The summed E-state index contributed by atoms with van der Waals surface area (Å²) in [6, 6.07) is 3.40. The first-order chi connectivity index (χ1) is 12.7. The monoisotopic (exact) mass is 360 g/mol. The van der Waals surface area contributed by atoms with E-state index in [1.54, 1.807) is 0 Å². The maximum absolute atomic E-state index is 14.3. The van der Waals surface area contributed by atoms with Crippen molar-refractivity contribution >= 4 is 0 Å². The predicted octanol–water partition coefficient (Wildman–Crippen LogP) is 6.47. The highest BCUT2D eigenvalue weighted by molar-refractivity contribution is 5.43. The third-order valence-electron chi connectivity index (χ3n) is 5.91. The van der Waals surface area contributed by atoms with Gasteiger partial charge in [-0.05, 0) is 62.8 Å². The molecular weight excluding hydrogens is 327 g/mol. The van der Waals surface area contributed by atoms with E-state index in [0.717, 1.165) is 30.7 Å². The largest absolute Gasteiger partial charge is 0.489 e. The van der Waals surface area contributed by atoms with E-state index in [-0.39, 0.29) is 11.9 Å². The van der Waals surface area contributed by atoms with Crippen LogP contribution in [0, 0.1) is 17.7 Å². The molecule has 144 valence electrons. The summed E-state index contributed by atoms with van der Waals surface area (Å²) in [5, 5.41) is 0. The van der Waals surface area contributed by atoms with Gasteiger partial charge >= 0.3 is 0 Å². The third kappa shape index (κ3) is 5.02. The molecule has 3 rings (SSSR count). The number of allylic oxidation sites excluding steroid dienone is 1. The van der Waals surface area contributed by atoms with E-state index in [1.807, 2.05) is 6.07 Å². The SMILES string of the molecule is CCCC1CCC(/C=C/COc2cc(F)c3c(c2)CCC(CC)O3)CC1. The third-order valence-corrected chi connectivity index (χ3v) is 5.91. The number of hydrogen-bond acceptors (Lipinski definition) is 2. The molecule has 1 heterocycles. The minimum atomic E-state index is -0.297. The number of aryl methyl sites for hydroxylation is 1. The van der Waals surface area contributed by atoms with Crippen molar-refractivity contribution in [3.8, 4) is 11.5 Å². The molecule has 2 nitrogen and oxygen atoms in total. The predicted molar refractivity (Wildman–Crippen MR) is 104 cm³/mol. The Kier molecular flexibility index (Phi) is 6.99. The number of benzene rings is 1. The summed E-state index contributed by atoms with van der Waals surface area (Å²) in [5.74, 6) is 2.36. The summed E-state index contributed by atoms with van der Waals surface area (Å²) in [7, 11) is 0. The van der Waals surface area contributed by atoms with Crippen LogP contribution in [0.2, 0.25) is 0 Å². The van der Waals surface area contributed by atoms with E-state index in [0.29, 0.717) is 24.0 Å². The molecule has 0 radical (unpaired) electrons. The number of ether oxygens (including phenoxy) is 2. The van der Waals surface area contributed by atoms with Gasteiger partial charge in [0.25, 0.3) is 0 Å². The van der Waals surface area contributed by atoms with Gasteiger partial charge < -0.3 is 9.47 Å². The molecule has 1 saturated carbocycles. The van der Waals surface area contributed by atoms with Crippen LogP contribution in [0.3, 0.4) is 0 Å². The average molecular weight is 361 g/mol. The zero-order chi connectivity index (χ0) is 18.4. The van der Waals surface area contributed by atoms with Gasteiger partial charge in [0.15, 0.2) is 11.6 Å². The zero-order valence-corrected chi connectivity index (χ0v) is 16.3. The maximum atomic E-state index is 14.3. The average Bonchev–Trinajstić information content (AvgIpc) is 2.66. The molecule has 1 atom stereocenters. The summed E-state index contributed by atoms with van der Waals surface area (Å²) in [4.78, 5) is 0. The number of halogens is 1. The lowest BCUT2D eigenvalue weighted by Crippen LogP contribution is -2.22. The summed E-state index contributed by atoms with van der Waals surface area (Å²) in [5.41, 5.74) is 0.933. The van der Waals surface area contributed by atoms with Gasteiger partial charge in [-0.2, -0.15) is 0 Å². The van der Waals surface area contributed by atoms with Crippen molar-refractivity contribution in [2.45, 2.75) is 77.7 Å². The molecule has 0 bridgehead atoms. The second-order valence-corrected chi connectivity index (χ2v) is 7.89. The fourth-order valence-electron chi connectivity index (χ4n) is 4.32. The molecule has 3 heteroatoms. The maximum Gasteiger partial charge on any atom is 0.169 e. The van der Waals surface area contributed by atoms with Gasteiger partial charge in [-0.15, -0.1) is 0 Å². The summed E-state index contributed by atoms with van der Waals surface area (Å²) >= 11 is 0. The van der Waals surface area contributed by atoms with Crippen LogP contribution in [0.5, 0.6) is 11.5 Å². The van der Waals surface area contributed by atoms with E-state index in [2.05, 4.69) is 26.0 Å². The Hall–Kier alpha value is -1.51. The minimum Gasteiger partial charge on any atom is -0.489 e. The van der Waals surface area contributed by atoms with E-state index < -0.39 is 0 Å². The van der Waals surface area contributed by atoms with E-state index in [9.17, 15) is 4.39 Å². The molecule has 1 aromatic carbocycles. The van der Waals surface area contributed by atoms with Crippen LogP contribution in [-0.2, 0) is 6.42 Å². The van der Waals surface area contributed by atoms with Crippen LogP contribution in [0.25, 0.3) is 0 Å². The molecule has 1 aromatic rings. The van der Waals surface area contributed by atoms with Crippen molar-refractivity contribution in [3.63, 3.8) is 0 Å². The number of hydrogen-bond donors (Lipinski definition) is 0. The van der Waals surface area contributed by atoms with Crippen LogP contribution in [0.1, 0.15) is 70.8 Å². The molecular formula is C23H33FO2. The number of fused-ring (bicyclic) bond motifs is 1. The van der Waals surface area contributed by atoms with Crippen LogP contribution in [0.4, 0.5) is 4.39 Å². The van der Waals surface area contributed by atoms with Gasteiger partial charge in [0.2, 0.25) is 0 Å². The van der Waals surface area contributed by atoms with Crippen molar-refractivity contribution in [1.82, 2.24) is 0 Å². The van der Waals surface area contributed by atoms with Crippen LogP contribution in [-0.4, -0.2) is 12.7 Å². The van der Waals surface area contributed by atoms with Gasteiger partial charge in [-0.1, -0.05) is 38.8 Å². The van der Waals surface area contributed by atoms with Crippen molar-refractivity contribution < 1.29 is 13.9 Å². The molecule has 0 saturated heterocycles. The molecule has 1 aliphatic heterocycles. The zero-order valence-electron chi connectivity index (χ0n) is 16.3. The van der Waals surface area contributed by atoms with Crippen molar-refractivity contribution in [2.24, 2.45) is 11.8 Å². The first kappa shape index (κ1) is 19.3. The molecule has 0 N–H and O–H groups in total. The molecule has 0 aromatic heterocycles. The van der Waals surface area contributed by atoms with Gasteiger partial charge in [-0.25, -0.2) is 4.39 Å². The lowest BCUT2D eigenvalue weighted by atomic mass is 9.80. The summed E-state index contributed by atoms with van der Waals surface area (Å²) < 4.78 is 25.8. The Morgan fingerprint density at radius 3 is 2.69 bits per heavy atom. The van der Waals surface area contributed by atoms with Gasteiger partial charge in [0.1, 0.15) is 12.4 Å². The highest BCUT2D eigenvalue weighted by Crippen LogP contribution is 2.35. The van der Waals surface area contributed by atoms with Crippen LogP contribution >= 0.6 is 0 Å². The fourth-order valence-corrected chi connectivity index (χ4v) is 4.32. The normalized spacial score (nSPS) is 25.7. The van der Waals surface area contributed by atoms with E-state index >= 15 is 0 Å². The Morgan fingerprint density at radius 2 is 1.96 bits per heavy atom. The second-order valence-electron chi connectivity index (χ2n) is 7.89. The summed E-state index contributed by atoms with van der Waals surface area (Å²) in [6.07, 6.45) is 15.3. The highest BCUT2D eigenvalue weighted by atomic mass is 19.1. The topological polar surface area (TPSA) is 18.5 Å². The van der Waals surface area contributed by atoms with Gasteiger partial charge in [0.05, 0.1) is 6.10 Å². The quantitative estimate of drug-likeness (QED) is 0.519. The smallest absolute Gasteiger partial charge is 0.169 e. The number of rotatable bonds is 7. The Labute approximate surface area is 157 Å². The molecule has 1 fully saturated rings. The standard InChI is InChI=1S/C23H33FO2/c1-3-6-17-8-10-18(11-9-17)7-5-14-25-21-15-19-12-13-20(4-2)26-23(19)22(24)16-21/h5,7,15-18,20H,3-4,6,8-14H2,1-2H3/b7-5+. The Balaban J connectivity index is 1.48. The van der Waals surface area contributed by atoms with Crippen molar-refractivity contribution in [2.75, 3.05) is 6.61 Å². The van der Waals surface area contributed by atoms with E-state index in [4.69, 9.17) is 9.47 Å². The molecule has 1 unspecified atom stereocenters. The lowest BCUT2D eigenvalue weighted by Gasteiger charge is -2.26. The first-order valence-electron chi connectivity index (χ1n) is 10.5. The summed E-state index contributed by atoms with van der Waals surface area (Å²) in [6.45, 7) is 4.86.